The maximum atomic E-state index is 14.5. The summed E-state index contributed by atoms with van der Waals surface area (Å²) in [5.41, 5.74) is 10.2. The molecule has 44 heavy (non-hydrogen) atoms. The highest BCUT2D eigenvalue weighted by Crippen LogP contribution is 2.44. The third-order valence-corrected chi connectivity index (χ3v) is 7.73. The molecule has 1 aliphatic rings. The highest BCUT2D eigenvalue weighted by atomic mass is 79.9. The number of aliphatic hydroxyl groups is 1. The summed E-state index contributed by atoms with van der Waals surface area (Å²) in [6.45, 7) is 0.335. The summed E-state index contributed by atoms with van der Waals surface area (Å²) in [7, 11) is 0. The Hall–Kier alpha value is -4.70. The van der Waals surface area contributed by atoms with E-state index in [9.17, 15) is 14.7 Å². The van der Waals surface area contributed by atoms with E-state index in [4.69, 9.17) is 19.6 Å². The van der Waals surface area contributed by atoms with Gasteiger partial charge in [-0.3, -0.25) is 4.79 Å². The number of nitrogens with zero attached hydrogens (tertiary/aromatic N) is 4. The molecule has 4 aromatic rings. The summed E-state index contributed by atoms with van der Waals surface area (Å²) >= 11 is 3.47. The van der Waals surface area contributed by atoms with Crippen LogP contribution in [0, 0.1) is 5.82 Å². The van der Waals surface area contributed by atoms with Gasteiger partial charge in [-0.15, -0.1) is 0 Å². The lowest BCUT2D eigenvalue weighted by atomic mass is 9.81. The number of aliphatic hydroxyl groups excluding tert-OH is 1. The van der Waals surface area contributed by atoms with E-state index in [0.29, 0.717) is 46.7 Å². The number of azide groups is 1. The van der Waals surface area contributed by atoms with Crippen molar-refractivity contribution in [3.05, 3.63) is 140 Å². The fourth-order valence-corrected chi connectivity index (χ4v) is 5.25. The monoisotopic (exact) mass is 657 g/mol. The maximum absolute atomic E-state index is 14.5. The number of carbonyl (C=O) groups is 1. The number of nitrogens with one attached hydrogen (secondary N) is 1. The molecule has 1 amide bonds. The molecule has 0 unspecified atom stereocenters. The zero-order valence-corrected chi connectivity index (χ0v) is 25.2. The number of aliphatic imine (C=N–C) groups is 1. The van der Waals surface area contributed by atoms with Crippen molar-refractivity contribution in [3.8, 4) is 5.75 Å². The first kappa shape index (κ1) is 30.7. The van der Waals surface area contributed by atoms with Crippen molar-refractivity contribution in [2.75, 3.05) is 13.2 Å². The second kappa shape index (κ2) is 14.2. The van der Waals surface area contributed by atoms with Crippen LogP contribution in [-0.4, -0.2) is 35.7 Å². The van der Waals surface area contributed by atoms with Crippen LogP contribution >= 0.6 is 15.9 Å². The largest absolute Gasteiger partial charge is 0.494 e. The summed E-state index contributed by atoms with van der Waals surface area (Å²) in [6.07, 6.45) is -0.350. The highest BCUT2D eigenvalue weighted by molar-refractivity contribution is 9.10. The molecule has 1 heterocycles. The van der Waals surface area contributed by atoms with Crippen molar-refractivity contribution >= 4 is 33.4 Å². The Morgan fingerprint density at radius 3 is 2.45 bits per heavy atom. The Bertz CT molecular complexity index is 1690. The third kappa shape index (κ3) is 6.92. The Kier molecular flexibility index (Phi) is 9.91. The van der Waals surface area contributed by atoms with Gasteiger partial charge in [-0.05, 0) is 59.1 Å². The molecule has 1 aliphatic heterocycles. The van der Waals surface area contributed by atoms with Gasteiger partial charge in [0.05, 0.1) is 6.61 Å². The van der Waals surface area contributed by atoms with E-state index in [1.165, 1.54) is 6.07 Å². The fraction of sp³-hybridized carbons (Fsp3) is 0.212. The number of hydrogen-bond donors (Lipinski definition) is 2. The number of ether oxygens (including phenoxy) is 2. The molecule has 0 radical (unpaired) electrons. The van der Waals surface area contributed by atoms with Gasteiger partial charge in [0, 0.05) is 52.2 Å². The second-order valence-corrected chi connectivity index (χ2v) is 11.0. The minimum atomic E-state index is -1.56. The van der Waals surface area contributed by atoms with Gasteiger partial charge in [-0.25, -0.2) is 9.38 Å². The minimum Gasteiger partial charge on any atom is -0.494 e. The number of rotatable bonds is 12. The van der Waals surface area contributed by atoms with Crippen LogP contribution in [0.3, 0.4) is 0 Å². The molecule has 0 bridgehead atoms. The van der Waals surface area contributed by atoms with E-state index in [2.05, 4.69) is 31.3 Å². The molecule has 0 fully saturated rings. The van der Waals surface area contributed by atoms with E-state index in [1.807, 2.05) is 24.3 Å². The first-order chi connectivity index (χ1) is 21.4. The molecule has 0 aliphatic carbocycles. The number of amides is 1. The molecule has 0 saturated carbocycles. The molecule has 224 valence electrons. The Morgan fingerprint density at radius 1 is 1.05 bits per heavy atom. The van der Waals surface area contributed by atoms with Crippen molar-refractivity contribution in [1.82, 2.24) is 5.32 Å². The van der Waals surface area contributed by atoms with Crippen molar-refractivity contribution in [2.24, 2.45) is 10.1 Å². The molecule has 2 atom stereocenters. The molecule has 4 aromatic carbocycles. The molecular formula is C33H29BrFN5O4. The molecular weight excluding hydrogens is 629 g/mol. The summed E-state index contributed by atoms with van der Waals surface area (Å²) in [5, 5.41) is 15.8. The standard InChI is InChI=1S/C33H29BrFN5O4/c34-26-14-10-22(11-15-26)30-33(20-24-6-2-4-9-29(24)39-40-36,32(42)37-21-25-7-1-3-8-28(25)35)38-31(44-30)23-12-16-27(17-13-23)43-19-5-18-41/h1-4,6-17,30,41H,5,18-21H2,(H,37,42)/t30-,33-/m1/s1. The zero-order chi connectivity index (χ0) is 30.9. The van der Waals surface area contributed by atoms with E-state index in [-0.39, 0.29) is 25.5 Å². The highest BCUT2D eigenvalue weighted by Gasteiger charge is 2.53. The van der Waals surface area contributed by atoms with Crippen LogP contribution in [0.25, 0.3) is 10.4 Å². The van der Waals surface area contributed by atoms with E-state index in [1.54, 1.807) is 66.7 Å². The zero-order valence-electron chi connectivity index (χ0n) is 23.6. The van der Waals surface area contributed by atoms with Crippen LogP contribution in [0.15, 0.2) is 112 Å². The van der Waals surface area contributed by atoms with Crippen LogP contribution in [0.5, 0.6) is 5.75 Å². The lowest BCUT2D eigenvalue weighted by Crippen LogP contribution is -2.49. The Morgan fingerprint density at radius 2 is 1.75 bits per heavy atom. The number of carbonyl (C=O) groups excluding carboxylic acids is 1. The molecule has 5 rings (SSSR count). The summed E-state index contributed by atoms with van der Waals surface area (Å²) in [6, 6.07) is 27.7. The quantitative estimate of drug-likeness (QED) is 0.0728. The van der Waals surface area contributed by atoms with Gasteiger partial charge in [0.2, 0.25) is 5.90 Å². The first-order valence-corrected chi connectivity index (χ1v) is 14.7. The van der Waals surface area contributed by atoms with Gasteiger partial charge in [0.15, 0.2) is 11.6 Å². The Balaban J connectivity index is 1.60. The predicted octanol–water partition coefficient (Wildman–Crippen LogP) is 7.11. The van der Waals surface area contributed by atoms with Gasteiger partial charge in [0.25, 0.3) is 5.91 Å². The normalized spacial score (nSPS) is 17.2. The number of benzene rings is 4. The van der Waals surface area contributed by atoms with E-state index >= 15 is 0 Å². The lowest BCUT2D eigenvalue weighted by Gasteiger charge is -2.31. The average molecular weight is 659 g/mol. The summed E-state index contributed by atoms with van der Waals surface area (Å²) in [5.74, 6) is -0.0684. The van der Waals surface area contributed by atoms with Crippen LogP contribution in [0.4, 0.5) is 10.1 Å². The number of hydrogen-bond acceptors (Lipinski definition) is 6. The van der Waals surface area contributed by atoms with Gasteiger partial charge in [0.1, 0.15) is 11.6 Å². The summed E-state index contributed by atoms with van der Waals surface area (Å²) in [4.78, 5) is 22.3. The van der Waals surface area contributed by atoms with Crippen molar-refractivity contribution in [1.29, 1.82) is 0 Å². The fourth-order valence-electron chi connectivity index (χ4n) is 4.99. The molecule has 0 aromatic heterocycles. The van der Waals surface area contributed by atoms with E-state index < -0.39 is 23.4 Å². The smallest absolute Gasteiger partial charge is 0.252 e. The van der Waals surface area contributed by atoms with Crippen molar-refractivity contribution in [3.63, 3.8) is 0 Å². The van der Waals surface area contributed by atoms with Crippen LogP contribution < -0.4 is 10.1 Å². The lowest BCUT2D eigenvalue weighted by molar-refractivity contribution is -0.129. The molecule has 9 nitrogen and oxygen atoms in total. The Labute approximate surface area is 262 Å². The van der Waals surface area contributed by atoms with Gasteiger partial charge >= 0.3 is 0 Å². The number of halogens is 2. The minimum absolute atomic E-state index is 0.0257. The SMILES string of the molecule is [N-]=[N+]=Nc1ccccc1C[C@@]1(C(=O)NCc2ccccc2F)N=C(c2ccc(OCCCO)cc2)O[C@@H]1c1ccc(Br)cc1. The van der Waals surface area contributed by atoms with Gasteiger partial charge in [-0.1, -0.05) is 75.6 Å². The third-order valence-electron chi connectivity index (χ3n) is 7.20. The van der Waals surface area contributed by atoms with Crippen molar-refractivity contribution < 1.29 is 23.8 Å². The second-order valence-electron chi connectivity index (χ2n) is 10.1. The van der Waals surface area contributed by atoms with Crippen LogP contribution in [0.2, 0.25) is 0 Å². The molecule has 0 saturated heterocycles. The topological polar surface area (TPSA) is 129 Å². The van der Waals surface area contributed by atoms with Gasteiger partial charge < -0.3 is 19.9 Å². The molecule has 11 heteroatoms. The summed E-state index contributed by atoms with van der Waals surface area (Å²) < 4.78 is 27.5. The van der Waals surface area contributed by atoms with Gasteiger partial charge in [-0.2, -0.15) is 0 Å². The predicted molar refractivity (Wildman–Crippen MR) is 168 cm³/mol. The van der Waals surface area contributed by atoms with E-state index in [0.717, 1.165) is 4.47 Å². The van der Waals surface area contributed by atoms with Crippen molar-refractivity contribution in [2.45, 2.75) is 31.0 Å². The maximum Gasteiger partial charge on any atom is 0.252 e. The molecule has 2 N–H and O–H groups in total. The first-order valence-electron chi connectivity index (χ1n) is 13.9. The average Bonchev–Trinajstić information content (AvgIpc) is 3.43. The van der Waals surface area contributed by atoms with Crippen LogP contribution in [-0.2, 0) is 22.5 Å². The molecule has 0 spiro atoms. The van der Waals surface area contributed by atoms with Crippen LogP contribution in [0.1, 0.15) is 34.8 Å².